The Balaban J connectivity index is 1.58. The lowest BCUT2D eigenvalue weighted by Crippen LogP contribution is -2.41. The van der Waals surface area contributed by atoms with Crippen LogP contribution in [0.3, 0.4) is 0 Å². The average Bonchev–Trinajstić information content (AvgIpc) is 3.14. The highest BCUT2D eigenvalue weighted by atomic mass is 35.5. The molecule has 0 saturated carbocycles. The second kappa shape index (κ2) is 8.45. The van der Waals surface area contributed by atoms with Crippen LogP contribution in [0.5, 0.6) is 0 Å². The minimum Gasteiger partial charge on any atom is -0.271 e. The summed E-state index contributed by atoms with van der Waals surface area (Å²) >= 11 is 12.2. The van der Waals surface area contributed by atoms with Gasteiger partial charge in [0.05, 0.1) is 11.1 Å². The molecule has 0 aromatic heterocycles. The number of halogens is 2. The molecule has 0 aliphatic carbocycles. The highest BCUT2D eigenvalue weighted by Gasteiger charge is 2.31. The molecule has 27 heavy (non-hydrogen) atoms. The van der Waals surface area contributed by atoms with Crippen molar-refractivity contribution in [2.75, 3.05) is 0 Å². The highest BCUT2D eigenvalue weighted by molar-refractivity contribution is 6.33. The van der Waals surface area contributed by atoms with Gasteiger partial charge < -0.3 is 0 Å². The number of nitro benzene ring substituents is 1. The molecule has 0 spiro atoms. The molecule has 1 heterocycles. The van der Waals surface area contributed by atoms with E-state index in [1.807, 2.05) is 0 Å². The van der Waals surface area contributed by atoms with E-state index in [0.717, 1.165) is 5.56 Å². The van der Waals surface area contributed by atoms with Gasteiger partial charge in [0.25, 0.3) is 11.6 Å². The molecule has 2 atom stereocenters. The van der Waals surface area contributed by atoms with E-state index in [1.54, 1.807) is 30.3 Å². The minimum atomic E-state index is -0.521. The summed E-state index contributed by atoms with van der Waals surface area (Å²) in [5, 5.41) is 15.7. The molecule has 1 saturated heterocycles. The first-order chi connectivity index (χ1) is 12.9. The number of benzene rings is 2. The number of hydrogen-bond donors (Lipinski definition) is 3. The SMILES string of the molecule is O=C(N/N=C/c1cccc([N+](=O)[O-])c1)C1CC(c2cc(Cl)ccc2Cl)NN1. The van der Waals surface area contributed by atoms with Gasteiger partial charge >= 0.3 is 0 Å². The largest absolute Gasteiger partial charge is 0.271 e. The zero-order chi connectivity index (χ0) is 19.4. The quantitative estimate of drug-likeness (QED) is 0.401. The Morgan fingerprint density at radius 1 is 1.26 bits per heavy atom. The molecular formula is C17H15Cl2N5O3. The van der Waals surface area contributed by atoms with Crippen LogP contribution in [0.1, 0.15) is 23.6 Å². The van der Waals surface area contributed by atoms with Crippen LogP contribution < -0.4 is 16.3 Å². The lowest BCUT2D eigenvalue weighted by atomic mass is 10.0. The van der Waals surface area contributed by atoms with Gasteiger partial charge in [-0.25, -0.2) is 16.3 Å². The molecule has 2 unspecified atom stereocenters. The van der Waals surface area contributed by atoms with Crippen molar-refractivity contribution in [1.29, 1.82) is 0 Å². The molecule has 1 aliphatic rings. The monoisotopic (exact) mass is 407 g/mol. The fourth-order valence-electron chi connectivity index (χ4n) is 2.68. The second-order valence-electron chi connectivity index (χ2n) is 5.88. The maximum atomic E-state index is 12.2. The summed E-state index contributed by atoms with van der Waals surface area (Å²) in [4.78, 5) is 22.5. The first-order valence-corrected chi connectivity index (χ1v) is 8.73. The van der Waals surface area contributed by atoms with E-state index in [9.17, 15) is 14.9 Å². The predicted octanol–water partition coefficient (Wildman–Crippen LogP) is 2.96. The van der Waals surface area contributed by atoms with Crippen LogP contribution in [0, 0.1) is 10.1 Å². The van der Waals surface area contributed by atoms with E-state index < -0.39 is 11.0 Å². The molecule has 1 amide bonds. The van der Waals surface area contributed by atoms with Gasteiger partial charge in [-0.1, -0.05) is 35.3 Å². The van der Waals surface area contributed by atoms with E-state index in [4.69, 9.17) is 23.2 Å². The molecule has 1 aliphatic heterocycles. The van der Waals surface area contributed by atoms with Crippen LogP contribution in [0.2, 0.25) is 10.0 Å². The number of rotatable bonds is 5. The van der Waals surface area contributed by atoms with Crippen LogP contribution in [0.15, 0.2) is 47.6 Å². The third kappa shape index (κ3) is 4.81. The Labute approximate surface area is 164 Å². The summed E-state index contributed by atoms with van der Waals surface area (Å²) in [5.41, 5.74) is 9.59. The number of carbonyl (C=O) groups is 1. The van der Waals surface area contributed by atoms with E-state index >= 15 is 0 Å². The molecule has 0 radical (unpaired) electrons. The zero-order valence-corrected chi connectivity index (χ0v) is 15.4. The Morgan fingerprint density at radius 3 is 2.85 bits per heavy atom. The fraction of sp³-hybridized carbons (Fsp3) is 0.176. The molecule has 3 rings (SSSR count). The van der Waals surface area contributed by atoms with Crippen molar-refractivity contribution in [3.05, 3.63) is 73.8 Å². The fourth-order valence-corrected chi connectivity index (χ4v) is 3.11. The molecule has 10 heteroatoms. The van der Waals surface area contributed by atoms with Crippen molar-refractivity contribution < 1.29 is 9.72 Å². The number of carbonyl (C=O) groups excluding carboxylic acids is 1. The highest BCUT2D eigenvalue weighted by Crippen LogP contribution is 2.30. The maximum Gasteiger partial charge on any atom is 0.270 e. The second-order valence-corrected chi connectivity index (χ2v) is 6.73. The van der Waals surface area contributed by atoms with Crippen molar-refractivity contribution in [2.24, 2.45) is 5.10 Å². The topological polar surface area (TPSA) is 109 Å². The van der Waals surface area contributed by atoms with Crippen molar-refractivity contribution in [3.63, 3.8) is 0 Å². The van der Waals surface area contributed by atoms with E-state index in [1.165, 1.54) is 18.3 Å². The number of hydrogen-bond acceptors (Lipinski definition) is 6. The normalized spacial score (nSPS) is 19.3. The number of hydrazone groups is 1. The van der Waals surface area contributed by atoms with Crippen molar-refractivity contribution >= 4 is 41.0 Å². The number of nitro groups is 1. The van der Waals surface area contributed by atoms with Gasteiger partial charge in [0.1, 0.15) is 6.04 Å². The minimum absolute atomic E-state index is 0.0480. The maximum absolute atomic E-state index is 12.2. The molecule has 1 fully saturated rings. The van der Waals surface area contributed by atoms with Crippen molar-refractivity contribution in [3.8, 4) is 0 Å². The molecule has 0 bridgehead atoms. The third-order valence-corrected chi connectivity index (χ3v) is 4.60. The van der Waals surface area contributed by atoms with Crippen LogP contribution in [0.4, 0.5) is 5.69 Å². The number of hydrazine groups is 1. The number of nitrogens with zero attached hydrogens (tertiary/aromatic N) is 2. The van der Waals surface area contributed by atoms with E-state index in [0.29, 0.717) is 22.0 Å². The van der Waals surface area contributed by atoms with Gasteiger partial charge in [-0.15, -0.1) is 0 Å². The molecule has 2 aromatic carbocycles. The molecule has 3 N–H and O–H groups in total. The average molecular weight is 408 g/mol. The number of nitrogens with one attached hydrogen (secondary N) is 3. The summed E-state index contributed by atoms with van der Waals surface area (Å²) < 4.78 is 0. The van der Waals surface area contributed by atoms with E-state index in [-0.39, 0.29) is 17.6 Å². The van der Waals surface area contributed by atoms with Crippen molar-refractivity contribution in [1.82, 2.24) is 16.3 Å². The Morgan fingerprint density at radius 2 is 2.07 bits per heavy atom. The lowest BCUT2D eigenvalue weighted by molar-refractivity contribution is -0.384. The summed E-state index contributed by atoms with van der Waals surface area (Å²) in [6.07, 6.45) is 1.80. The summed E-state index contributed by atoms with van der Waals surface area (Å²) in [6.45, 7) is 0. The van der Waals surface area contributed by atoms with Crippen LogP contribution in [0.25, 0.3) is 0 Å². The van der Waals surface area contributed by atoms with Crippen LogP contribution in [-0.2, 0) is 4.79 Å². The van der Waals surface area contributed by atoms with Gasteiger partial charge in [0.15, 0.2) is 0 Å². The van der Waals surface area contributed by atoms with Gasteiger partial charge in [-0.3, -0.25) is 14.9 Å². The summed E-state index contributed by atoms with van der Waals surface area (Å²) in [7, 11) is 0. The van der Waals surface area contributed by atoms with Gasteiger partial charge in [0.2, 0.25) is 0 Å². The molecule has 8 nitrogen and oxygen atoms in total. The number of amides is 1. The van der Waals surface area contributed by atoms with Gasteiger partial charge in [-0.05, 0) is 30.2 Å². The Bertz CT molecular complexity index is 906. The Hall–Kier alpha value is -2.52. The molecule has 140 valence electrons. The summed E-state index contributed by atoms with van der Waals surface area (Å²) in [6, 6.07) is 10.4. The first kappa shape index (κ1) is 19.2. The standard InChI is InChI=1S/C17H15Cl2N5O3/c18-11-4-5-14(19)13(7-11)15-8-16(22-21-15)17(25)23-20-9-10-2-1-3-12(6-10)24(26)27/h1-7,9,15-16,21-22H,8H2,(H,23,25)/b20-9+. The smallest absolute Gasteiger partial charge is 0.270 e. The molecule has 2 aromatic rings. The third-order valence-electron chi connectivity index (χ3n) is 4.02. The number of non-ortho nitro benzene ring substituents is 1. The van der Waals surface area contributed by atoms with Gasteiger partial charge in [-0.2, -0.15) is 5.10 Å². The Kier molecular flexibility index (Phi) is 6.02. The van der Waals surface area contributed by atoms with Crippen LogP contribution in [-0.4, -0.2) is 23.1 Å². The van der Waals surface area contributed by atoms with Crippen molar-refractivity contribution in [2.45, 2.75) is 18.5 Å². The lowest BCUT2D eigenvalue weighted by Gasteiger charge is -2.12. The summed E-state index contributed by atoms with van der Waals surface area (Å²) in [5.74, 6) is -0.343. The van der Waals surface area contributed by atoms with Gasteiger partial charge in [0, 0.05) is 33.8 Å². The first-order valence-electron chi connectivity index (χ1n) is 7.97. The molecular weight excluding hydrogens is 393 g/mol. The van der Waals surface area contributed by atoms with Crippen LogP contribution >= 0.6 is 23.2 Å². The van der Waals surface area contributed by atoms with E-state index in [2.05, 4.69) is 21.4 Å². The zero-order valence-electron chi connectivity index (χ0n) is 13.9. The predicted molar refractivity (Wildman–Crippen MR) is 103 cm³/mol.